The third-order valence-corrected chi connectivity index (χ3v) is 5.27. The molecule has 3 aromatic rings. The molecule has 3 rings (SSSR count). The Morgan fingerprint density at radius 1 is 1.14 bits per heavy atom. The van der Waals surface area contributed by atoms with E-state index in [9.17, 15) is 8.78 Å². The number of alkyl halides is 2. The van der Waals surface area contributed by atoms with Crippen molar-refractivity contribution < 1.29 is 8.78 Å². The lowest BCUT2D eigenvalue weighted by Crippen LogP contribution is -2.14. The largest absolute Gasteiger partial charge is 0.360 e. The number of terminal acetylenes is 1. The Balaban J connectivity index is 0. The fourth-order valence-corrected chi connectivity index (χ4v) is 3.59. The van der Waals surface area contributed by atoms with E-state index in [1.54, 1.807) is 11.3 Å². The second-order valence-electron chi connectivity index (χ2n) is 7.27. The number of hydrogen-bond donors (Lipinski definition) is 2. The average molecular weight is 532 g/mol. The summed E-state index contributed by atoms with van der Waals surface area (Å²) in [5.74, 6) is 0. The van der Waals surface area contributed by atoms with E-state index in [4.69, 9.17) is 10.7 Å². The third kappa shape index (κ3) is 15.6. The van der Waals surface area contributed by atoms with Crippen LogP contribution in [0.1, 0.15) is 39.8 Å². The molecule has 37 heavy (non-hydrogen) atoms. The van der Waals surface area contributed by atoms with Gasteiger partial charge in [-0.15, -0.1) is 19.4 Å². The molecule has 8 heteroatoms. The van der Waals surface area contributed by atoms with Gasteiger partial charge in [-0.3, -0.25) is 4.98 Å². The lowest BCUT2D eigenvalue weighted by molar-refractivity contribution is 0.152. The number of aromatic nitrogens is 2. The van der Waals surface area contributed by atoms with Crippen LogP contribution in [0, 0.1) is 12.8 Å². The Labute approximate surface area is 226 Å². The number of nitrogens with zero attached hydrogens (tertiary/aromatic N) is 3. The van der Waals surface area contributed by atoms with Crippen LogP contribution in [0.15, 0.2) is 61.5 Å². The first kappa shape index (κ1) is 36.0. The van der Waals surface area contributed by atoms with Crippen molar-refractivity contribution in [2.75, 3.05) is 32.5 Å². The molecule has 204 valence electrons. The fraction of sp³-hybridized carbons (Fsp3) is 0.379. The van der Waals surface area contributed by atoms with Gasteiger partial charge in [0.2, 0.25) is 6.43 Å². The predicted molar refractivity (Wildman–Crippen MR) is 160 cm³/mol. The maximum atomic E-state index is 11.0. The standard InChI is InChI=1S/C17H21N5S.C4H6F2.C4H8.C2H6.C2H2/c1-22(2)11-15-16(23-17(21-15)20-8-6-18)13-3-4-14-10-19-7-5-12(14)9-13;1-2-3-4(5)6;1-3-4-2;2*1-2/h3-5,7,9-10H,6,8,11,18H2,1-2H3,(H,20,21);2,4H,1,3H2;3-4H,1-2H3;1-2H3;1-2H/b;;4-3+;;. The van der Waals surface area contributed by atoms with E-state index < -0.39 is 6.43 Å². The first-order chi connectivity index (χ1) is 17.9. The molecule has 0 fully saturated rings. The van der Waals surface area contributed by atoms with Crippen LogP contribution < -0.4 is 11.1 Å². The van der Waals surface area contributed by atoms with Gasteiger partial charge in [0.25, 0.3) is 0 Å². The van der Waals surface area contributed by atoms with Gasteiger partial charge in [-0.05, 0) is 51.0 Å². The predicted octanol–water partition coefficient (Wildman–Crippen LogP) is 7.48. The van der Waals surface area contributed by atoms with E-state index in [0.29, 0.717) is 6.54 Å². The zero-order valence-corrected chi connectivity index (χ0v) is 23.9. The summed E-state index contributed by atoms with van der Waals surface area (Å²) in [7, 11) is 4.12. The molecular weight excluding hydrogens is 488 g/mol. The quantitative estimate of drug-likeness (QED) is 0.233. The minimum Gasteiger partial charge on any atom is -0.360 e. The lowest BCUT2D eigenvalue weighted by Gasteiger charge is -2.09. The first-order valence-electron chi connectivity index (χ1n) is 12.1. The van der Waals surface area contributed by atoms with Crippen LogP contribution in [0.2, 0.25) is 0 Å². The summed E-state index contributed by atoms with van der Waals surface area (Å²) in [5.41, 5.74) is 7.86. The Morgan fingerprint density at radius 3 is 2.27 bits per heavy atom. The fourth-order valence-electron chi connectivity index (χ4n) is 2.59. The number of anilines is 1. The Kier molecular flexibility index (Phi) is 22.7. The number of hydrogen-bond acceptors (Lipinski definition) is 6. The van der Waals surface area contributed by atoms with Crippen molar-refractivity contribution in [3.05, 3.63) is 67.2 Å². The van der Waals surface area contributed by atoms with Gasteiger partial charge in [-0.25, -0.2) is 13.8 Å². The molecule has 0 aliphatic carbocycles. The van der Waals surface area contributed by atoms with Crippen molar-refractivity contribution in [1.29, 1.82) is 0 Å². The maximum Gasteiger partial charge on any atom is 0.242 e. The van der Waals surface area contributed by atoms with Gasteiger partial charge in [0.1, 0.15) is 0 Å². The van der Waals surface area contributed by atoms with Gasteiger partial charge >= 0.3 is 0 Å². The van der Waals surface area contributed by atoms with Crippen LogP contribution in [0.3, 0.4) is 0 Å². The molecule has 0 radical (unpaired) electrons. The van der Waals surface area contributed by atoms with E-state index in [1.165, 1.54) is 21.9 Å². The zero-order valence-electron chi connectivity index (χ0n) is 23.0. The summed E-state index contributed by atoms with van der Waals surface area (Å²) >= 11 is 1.68. The minimum atomic E-state index is -2.22. The molecule has 2 aromatic heterocycles. The van der Waals surface area contributed by atoms with Gasteiger partial charge < -0.3 is 16.0 Å². The van der Waals surface area contributed by atoms with Gasteiger partial charge in [-0.2, -0.15) is 0 Å². The summed E-state index contributed by atoms with van der Waals surface area (Å²) in [6.07, 6.45) is 14.5. The average Bonchev–Trinajstić information content (AvgIpc) is 3.31. The maximum absolute atomic E-state index is 11.0. The molecule has 1 aromatic carbocycles. The van der Waals surface area contributed by atoms with Crippen molar-refractivity contribution in [2.24, 2.45) is 5.73 Å². The molecule has 0 saturated carbocycles. The molecule has 0 aliphatic heterocycles. The highest BCUT2D eigenvalue weighted by atomic mass is 32.1. The normalized spacial score (nSPS) is 9.76. The van der Waals surface area contributed by atoms with E-state index in [0.717, 1.165) is 29.3 Å². The molecule has 5 nitrogen and oxygen atoms in total. The topological polar surface area (TPSA) is 67.1 Å². The number of pyridine rings is 1. The molecule has 0 atom stereocenters. The zero-order chi connectivity index (χ0) is 28.6. The van der Waals surface area contributed by atoms with E-state index in [2.05, 4.69) is 66.9 Å². The number of benzene rings is 1. The monoisotopic (exact) mass is 531 g/mol. The van der Waals surface area contributed by atoms with Gasteiger partial charge in [0, 0.05) is 43.8 Å². The number of nitrogens with one attached hydrogen (secondary N) is 1. The van der Waals surface area contributed by atoms with Crippen molar-refractivity contribution >= 4 is 27.2 Å². The summed E-state index contributed by atoms with van der Waals surface area (Å²) in [4.78, 5) is 12.3. The molecule has 0 saturated heterocycles. The van der Waals surface area contributed by atoms with Gasteiger partial charge in [0.15, 0.2) is 5.13 Å². The molecular formula is C29H43F2N5S. The molecule has 2 heterocycles. The molecule has 0 bridgehead atoms. The van der Waals surface area contributed by atoms with Crippen LogP contribution in [-0.2, 0) is 6.54 Å². The summed E-state index contributed by atoms with van der Waals surface area (Å²) in [6, 6.07) is 8.50. The highest BCUT2D eigenvalue weighted by Crippen LogP contribution is 2.35. The Hall–Kier alpha value is -3.12. The van der Waals surface area contributed by atoms with Gasteiger partial charge in [-0.1, -0.05) is 55.5 Å². The first-order valence-corrected chi connectivity index (χ1v) is 12.9. The van der Waals surface area contributed by atoms with Crippen LogP contribution in [-0.4, -0.2) is 48.5 Å². The number of allylic oxidation sites excluding steroid dienone is 3. The van der Waals surface area contributed by atoms with Crippen molar-refractivity contribution in [2.45, 2.75) is 47.1 Å². The molecule has 0 amide bonds. The summed E-state index contributed by atoms with van der Waals surface area (Å²) in [5, 5.41) is 6.56. The number of rotatable bonds is 8. The molecule has 0 unspecified atom stereocenters. The van der Waals surface area contributed by atoms with Crippen molar-refractivity contribution in [3.8, 4) is 23.3 Å². The summed E-state index contributed by atoms with van der Waals surface area (Å²) < 4.78 is 21.9. The van der Waals surface area contributed by atoms with Crippen LogP contribution in [0.4, 0.5) is 13.9 Å². The van der Waals surface area contributed by atoms with E-state index in [1.807, 2.05) is 58.3 Å². The highest BCUT2D eigenvalue weighted by Gasteiger charge is 2.14. The number of thiazole rings is 1. The lowest BCUT2D eigenvalue weighted by atomic mass is 10.1. The van der Waals surface area contributed by atoms with Crippen LogP contribution in [0.5, 0.6) is 0 Å². The van der Waals surface area contributed by atoms with Crippen LogP contribution >= 0.6 is 11.3 Å². The van der Waals surface area contributed by atoms with Crippen molar-refractivity contribution in [3.63, 3.8) is 0 Å². The van der Waals surface area contributed by atoms with Crippen LogP contribution in [0.25, 0.3) is 21.2 Å². The number of fused-ring (bicyclic) bond motifs is 1. The van der Waals surface area contributed by atoms with Gasteiger partial charge in [0.05, 0.1) is 10.6 Å². The Bertz CT molecular complexity index is 1030. The second kappa shape index (κ2) is 23.3. The number of halogens is 2. The van der Waals surface area contributed by atoms with E-state index >= 15 is 0 Å². The van der Waals surface area contributed by atoms with E-state index in [-0.39, 0.29) is 6.42 Å². The smallest absolute Gasteiger partial charge is 0.242 e. The molecule has 0 spiro atoms. The minimum absolute atomic E-state index is 0.194. The van der Waals surface area contributed by atoms with Crippen molar-refractivity contribution in [1.82, 2.24) is 14.9 Å². The molecule has 3 N–H and O–H groups in total. The SMILES string of the molecule is C#C.C/C=C/C.C=CCC(F)F.CC.CN(C)Cc1nc(NCCN)sc1-c1ccc2cnccc2c1. The molecule has 0 aliphatic rings. The second-order valence-corrected chi connectivity index (χ2v) is 8.27. The number of nitrogens with two attached hydrogens (primary N) is 1. The summed E-state index contributed by atoms with van der Waals surface area (Å²) in [6.45, 7) is 13.3. The third-order valence-electron chi connectivity index (χ3n) is 4.16. The highest BCUT2D eigenvalue weighted by molar-refractivity contribution is 7.19. The Morgan fingerprint density at radius 2 is 1.78 bits per heavy atom.